The van der Waals surface area contributed by atoms with Gasteiger partial charge < -0.3 is 0 Å². The van der Waals surface area contributed by atoms with Crippen LogP contribution in [0.4, 0.5) is 5.69 Å². The fourth-order valence-electron chi connectivity index (χ4n) is 2.96. The van der Waals surface area contributed by atoms with Crippen LogP contribution in [0.15, 0.2) is 93.6 Å². The highest BCUT2D eigenvalue weighted by Crippen LogP contribution is 2.30. The molecule has 2 aromatic heterocycles. The van der Waals surface area contributed by atoms with Gasteiger partial charge in [0.1, 0.15) is 5.65 Å². The molecule has 0 fully saturated rings. The monoisotopic (exact) mass is 437 g/mol. The van der Waals surface area contributed by atoms with E-state index in [1.165, 1.54) is 22.2 Å². The molecule has 152 valence electrons. The Morgan fingerprint density at radius 1 is 1.00 bits per heavy atom. The van der Waals surface area contributed by atoms with Gasteiger partial charge in [0.25, 0.3) is 15.6 Å². The number of fused-ring (bicyclic) bond motifs is 1. The van der Waals surface area contributed by atoms with E-state index in [4.69, 9.17) is 0 Å². The Bertz CT molecular complexity index is 1370. The molecule has 4 rings (SSSR count). The standard InChI is InChI=1S/C22H19N3O3S2/c1-16-11-12-21-23-17(13-22(26)25(21)14-16)15-29-20-10-6-5-9-19(20)24-30(27,28)18-7-3-2-4-8-18/h2-14,24H,15H2,1H3. The van der Waals surface area contributed by atoms with E-state index in [1.54, 1.807) is 48.7 Å². The molecule has 0 aliphatic rings. The van der Waals surface area contributed by atoms with Crippen molar-refractivity contribution in [2.45, 2.75) is 22.5 Å². The van der Waals surface area contributed by atoms with Crippen LogP contribution in [0.25, 0.3) is 5.65 Å². The number of hydrogen-bond donors (Lipinski definition) is 1. The Labute approximate surface area is 178 Å². The van der Waals surface area contributed by atoms with E-state index in [0.717, 1.165) is 10.5 Å². The number of benzene rings is 2. The first-order valence-corrected chi connectivity index (χ1v) is 11.7. The summed E-state index contributed by atoms with van der Waals surface area (Å²) in [7, 11) is -3.69. The van der Waals surface area contributed by atoms with Gasteiger partial charge in [-0.05, 0) is 42.8 Å². The molecule has 0 radical (unpaired) electrons. The molecule has 30 heavy (non-hydrogen) atoms. The normalized spacial score (nSPS) is 11.5. The van der Waals surface area contributed by atoms with Crippen molar-refractivity contribution < 1.29 is 8.42 Å². The molecule has 4 aromatic rings. The van der Waals surface area contributed by atoms with Gasteiger partial charge in [0.2, 0.25) is 0 Å². The van der Waals surface area contributed by atoms with E-state index in [9.17, 15) is 13.2 Å². The second-order valence-corrected chi connectivity index (χ2v) is 9.42. The lowest BCUT2D eigenvalue weighted by molar-refractivity contribution is 0.601. The minimum absolute atomic E-state index is 0.141. The van der Waals surface area contributed by atoms with Crippen molar-refractivity contribution in [1.82, 2.24) is 9.38 Å². The fourth-order valence-corrected chi connectivity index (χ4v) is 5.03. The Morgan fingerprint density at radius 3 is 2.53 bits per heavy atom. The number of anilines is 1. The second kappa shape index (κ2) is 8.33. The van der Waals surface area contributed by atoms with E-state index >= 15 is 0 Å². The summed E-state index contributed by atoms with van der Waals surface area (Å²) in [5.41, 5.74) is 2.54. The molecule has 0 aliphatic carbocycles. The molecule has 2 heterocycles. The molecule has 0 spiro atoms. The lowest BCUT2D eigenvalue weighted by Gasteiger charge is -2.12. The Morgan fingerprint density at radius 2 is 1.73 bits per heavy atom. The van der Waals surface area contributed by atoms with Crippen molar-refractivity contribution in [3.63, 3.8) is 0 Å². The predicted molar refractivity (Wildman–Crippen MR) is 119 cm³/mol. The molecule has 8 heteroatoms. The largest absolute Gasteiger partial charge is 0.278 e. The zero-order valence-corrected chi connectivity index (χ0v) is 17.8. The minimum atomic E-state index is -3.69. The molecular formula is C22H19N3O3S2. The van der Waals surface area contributed by atoms with Gasteiger partial charge in [-0.1, -0.05) is 36.4 Å². The molecule has 1 N–H and O–H groups in total. The summed E-state index contributed by atoms with van der Waals surface area (Å²) in [5, 5.41) is 0. The van der Waals surface area contributed by atoms with Crippen molar-refractivity contribution >= 4 is 33.1 Å². The first-order chi connectivity index (χ1) is 14.4. The van der Waals surface area contributed by atoms with Crippen LogP contribution >= 0.6 is 11.8 Å². The van der Waals surface area contributed by atoms with Crippen LogP contribution in [0.3, 0.4) is 0 Å². The van der Waals surface area contributed by atoms with Gasteiger partial charge in [0.15, 0.2) is 0 Å². The summed E-state index contributed by atoms with van der Waals surface area (Å²) in [4.78, 5) is 17.9. The highest BCUT2D eigenvalue weighted by Gasteiger charge is 2.16. The highest BCUT2D eigenvalue weighted by atomic mass is 32.2. The number of nitrogens with one attached hydrogen (secondary N) is 1. The third kappa shape index (κ3) is 4.39. The number of hydrogen-bond acceptors (Lipinski definition) is 5. The van der Waals surface area contributed by atoms with E-state index < -0.39 is 10.0 Å². The molecule has 0 unspecified atom stereocenters. The molecule has 0 saturated carbocycles. The third-order valence-electron chi connectivity index (χ3n) is 4.42. The first kappa shape index (κ1) is 20.2. The first-order valence-electron chi connectivity index (χ1n) is 9.21. The maximum absolute atomic E-state index is 12.7. The summed E-state index contributed by atoms with van der Waals surface area (Å²) in [6, 6.07) is 20.6. The van der Waals surface area contributed by atoms with E-state index in [2.05, 4.69) is 9.71 Å². The van der Waals surface area contributed by atoms with Crippen LogP contribution in [0, 0.1) is 6.92 Å². The zero-order chi connectivity index (χ0) is 21.1. The Kier molecular flexibility index (Phi) is 5.61. The maximum Gasteiger partial charge on any atom is 0.261 e. The molecule has 0 aliphatic heterocycles. The third-order valence-corrected chi connectivity index (χ3v) is 6.91. The number of rotatable bonds is 6. The number of aromatic nitrogens is 2. The van der Waals surface area contributed by atoms with Crippen molar-refractivity contribution in [3.8, 4) is 0 Å². The quantitative estimate of drug-likeness (QED) is 0.460. The maximum atomic E-state index is 12.7. The second-order valence-electron chi connectivity index (χ2n) is 6.72. The summed E-state index contributed by atoms with van der Waals surface area (Å²) in [5.74, 6) is 0.434. The van der Waals surface area contributed by atoms with Crippen LogP contribution in [0.1, 0.15) is 11.3 Å². The van der Waals surface area contributed by atoms with Gasteiger partial charge in [-0.15, -0.1) is 11.8 Å². The molecule has 2 aromatic carbocycles. The Hall–Kier alpha value is -3.10. The van der Waals surface area contributed by atoms with Gasteiger partial charge in [0.05, 0.1) is 16.3 Å². The number of pyridine rings is 1. The van der Waals surface area contributed by atoms with E-state index in [1.807, 2.05) is 31.2 Å². The average molecular weight is 438 g/mol. The molecule has 0 amide bonds. The highest BCUT2D eigenvalue weighted by molar-refractivity contribution is 7.98. The average Bonchev–Trinajstić information content (AvgIpc) is 2.74. The molecule has 0 saturated heterocycles. The van der Waals surface area contributed by atoms with Crippen LogP contribution in [0.2, 0.25) is 0 Å². The molecule has 0 bridgehead atoms. The van der Waals surface area contributed by atoms with Crippen molar-refractivity contribution in [1.29, 1.82) is 0 Å². The topological polar surface area (TPSA) is 80.5 Å². The van der Waals surface area contributed by atoms with Gasteiger partial charge in [-0.25, -0.2) is 13.4 Å². The lowest BCUT2D eigenvalue weighted by Crippen LogP contribution is -2.15. The van der Waals surface area contributed by atoms with E-state index in [-0.39, 0.29) is 10.5 Å². The smallest absolute Gasteiger partial charge is 0.261 e. The van der Waals surface area contributed by atoms with Crippen LogP contribution in [0.5, 0.6) is 0 Å². The SMILES string of the molecule is Cc1ccc2nc(CSc3ccccc3NS(=O)(=O)c3ccccc3)cc(=O)n2c1. The molecule has 6 nitrogen and oxygen atoms in total. The number of thioether (sulfide) groups is 1. The molecular weight excluding hydrogens is 418 g/mol. The van der Waals surface area contributed by atoms with Crippen molar-refractivity contribution in [2.24, 2.45) is 0 Å². The summed E-state index contributed by atoms with van der Waals surface area (Å²) >= 11 is 1.42. The number of aryl methyl sites for hydroxylation is 1. The van der Waals surface area contributed by atoms with E-state index in [0.29, 0.717) is 22.8 Å². The Balaban J connectivity index is 1.57. The number of nitrogens with zero attached hydrogens (tertiary/aromatic N) is 2. The summed E-state index contributed by atoms with van der Waals surface area (Å²) < 4.78 is 29.5. The van der Waals surface area contributed by atoms with Crippen LogP contribution < -0.4 is 10.3 Å². The van der Waals surface area contributed by atoms with Gasteiger partial charge in [0, 0.05) is 22.9 Å². The zero-order valence-electron chi connectivity index (χ0n) is 16.1. The predicted octanol–water partition coefficient (Wildman–Crippen LogP) is 4.10. The van der Waals surface area contributed by atoms with Crippen LogP contribution in [-0.2, 0) is 15.8 Å². The number of sulfonamides is 1. The summed E-state index contributed by atoms with van der Waals surface area (Å²) in [6.45, 7) is 1.92. The van der Waals surface area contributed by atoms with Gasteiger partial charge in [-0.2, -0.15) is 0 Å². The summed E-state index contributed by atoms with van der Waals surface area (Å²) in [6.07, 6.45) is 1.76. The van der Waals surface area contributed by atoms with Gasteiger partial charge >= 0.3 is 0 Å². The van der Waals surface area contributed by atoms with Crippen molar-refractivity contribution in [2.75, 3.05) is 4.72 Å². The van der Waals surface area contributed by atoms with Gasteiger partial charge in [-0.3, -0.25) is 13.9 Å². The lowest BCUT2D eigenvalue weighted by atomic mass is 10.3. The number of para-hydroxylation sites is 1. The fraction of sp³-hybridized carbons (Fsp3) is 0.0909. The van der Waals surface area contributed by atoms with Crippen molar-refractivity contribution in [3.05, 3.63) is 101 Å². The molecule has 0 atom stereocenters. The van der Waals surface area contributed by atoms with Crippen LogP contribution in [-0.4, -0.2) is 17.8 Å². The minimum Gasteiger partial charge on any atom is -0.278 e.